The first kappa shape index (κ1) is 9.94. The minimum absolute atomic E-state index is 0.132. The second kappa shape index (κ2) is 5.70. The van der Waals surface area contributed by atoms with E-state index in [0.717, 1.165) is 0 Å². The van der Waals surface area contributed by atoms with Crippen molar-refractivity contribution in [1.82, 2.24) is 0 Å². The summed E-state index contributed by atoms with van der Waals surface area (Å²) >= 11 is 0. The van der Waals surface area contributed by atoms with Crippen LogP contribution in [0.5, 0.6) is 0 Å². The zero-order valence-corrected chi connectivity index (χ0v) is 6.45. The molecule has 0 bridgehead atoms. The Kier molecular flexibility index (Phi) is 5.15. The number of rotatable bonds is 6. The van der Waals surface area contributed by atoms with Crippen molar-refractivity contribution in [3.05, 3.63) is 0 Å². The minimum Gasteiger partial charge on any atom is -0.481 e. The van der Waals surface area contributed by atoms with E-state index in [1.165, 1.54) is 0 Å². The second-order valence-corrected chi connectivity index (χ2v) is 2.33. The van der Waals surface area contributed by atoms with Crippen molar-refractivity contribution in [2.24, 2.45) is 0 Å². The number of carbonyl (C=O) groups excluding carboxylic acids is 1. The van der Waals surface area contributed by atoms with Gasteiger partial charge in [-0.2, -0.15) is 0 Å². The van der Waals surface area contributed by atoms with Crippen LogP contribution >= 0.6 is 0 Å². The van der Waals surface area contributed by atoms with Gasteiger partial charge in [0.05, 0.1) is 6.10 Å². The SMILES string of the molecule is CC(CCCC(=O)O)OC=O. The number of carboxylic acids is 1. The molecule has 0 aromatic heterocycles. The Morgan fingerprint density at radius 3 is 2.82 bits per heavy atom. The third-order valence-corrected chi connectivity index (χ3v) is 1.29. The van der Waals surface area contributed by atoms with Gasteiger partial charge in [-0.25, -0.2) is 0 Å². The quantitative estimate of drug-likeness (QED) is 0.584. The fourth-order valence-corrected chi connectivity index (χ4v) is 0.704. The standard InChI is InChI=1S/C7H12O4/c1-6(11-5-8)3-2-4-7(9)10/h5-6H,2-4H2,1H3,(H,9,10). The van der Waals surface area contributed by atoms with E-state index in [0.29, 0.717) is 19.3 Å². The first-order chi connectivity index (χ1) is 5.16. The van der Waals surface area contributed by atoms with Gasteiger partial charge in [-0.3, -0.25) is 9.59 Å². The molecule has 11 heavy (non-hydrogen) atoms. The topological polar surface area (TPSA) is 63.6 Å². The predicted octanol–water partition coefficient (Wildman–Crippen LogP) is 0.803. The molecule has 4 nitrogen and oxygen atoms in total. The molecular formula is C7H12O4. The highest BCUT2D eigenvalue weighted by Gasteiger charge is 2.02. The van der Waals surface area contributed by atoms with Crippen LogP contribution < -0.4 is 0 Å². The number of ether oxygens (including phenoxy) is 1. The molecule has 0 amide bonds. The van der Waals surface area contributed by atoms with Crippen molar-refractivity contribution < 1.29 is 19.4 Å². The average Bonchev–Trinajstić information content (AvgIpc) is 1.87. The Balaban J connectivity index is 3.23. The Hall–Kier alpha value is -1.06. The molecule has 0 aromatic rings. The minimum atomic E-state index is -0.816. The molecule has 0 aromatic carbocycles. The molecule has 1 unspecified atom stereocenters. The van der Waals surface area contributed by atoms with Gasteiger partial charge < -0.3 is 9.84 Å². The van der Waals surface area contributed by atoms with E-state index in [2.05, 4.69) is 4.74 Å². The summed E-state index contributed by atoms with van der Waals surface area (Å²) < 4.78 is 4.55. The zero-order chi connectivity index (χ0) is 8.69. The first-order valence-electron chi connectivity index (χ1n) is 3.47. The fraction of sp³-hybridized carbons (Fsp3) is 0.714. The molecule has 4 heteroatoms. The van der Waals surface area contributed by atoms with E-state index >= 15 is 0 Å². The van der Waals surface area contributed by atoms with E-state index in [4.69, 9.17) is 5.11 Å². The summed E-state index contributed by atoms with van der Waals surface area (Å²) in [7, 11) is 0. The van der Waals surface area contributed by atoms with Crippen LogP contribution in [0.1, 0.15) is 26.2 Å². The predicted molar refractivity (Wildman–Crippen MR) is 38.1 cm³/mol. The molecule has 0 heterocycles. The molecule has 0 rings (SSSR count). The van der Waals surface area contributed by atoms with Crippen LogP contribution in [0.15, 0.2) is 0 Å². The number of carbonyl (C=O) groups is 2. The average molecular weight is 160 g/mol. The molecule has 0 fully saturated rings. The maximum atomic E-state index is 10.0. The van der Waals surface area contributed by atoms with Gasteiger partial charge in [0.25, 0.3) is 6.47 Å². The van der Waals surface area contributed by atoms with Crippen molar-refractivity contribution in [2.45, 2.75) is 32.3 Å². The van der Waals surface area contributed by atoms with E-state index in [9.17, 15) is 9.59 Å². The molecular weight excluding hydrogens is 148 g/mol. The summed E-state index contributed by atoms with van der Waals surface area (Å²) in [5.74, 6) is -0.816. The number of carboxylic acid groups (broad SMARTS) is 1. The molecule has 0 aliphatic carbocycles. The number of aliphatic carboxylic acids is 1. The summed E-state index contributed by atoms with van der Waals surface area (Å²) in [6, 6.07) is 0. The summed E-state index contributed by atoms with van der Waals surface area (Å²) in [6.45, 7) is 2.11. The first-order valence-corrected chi connectivity index (χ1v) is 3.47. The largest absolute Gasteiger partial charge is 0.481 e. The summed E-state index contributed by atoms with van der Waals surface area (Å²) in [5.41, 5.74) is 0. The smallest absolute Gasteiger partial charge is 0.303 e. The molecule has 64 valence electrons. The lowest BCUT2D eigenvalue weighted by molar-refractivity contribution is -0.137. The van der Waals surface area contributed by atoms with E-state index in [1.54, 1.807) is 6.92 Å². The van der Waals surface area contributed by atoms with Crippen LogP contribution in [-0.2, 0) is 14.3 Å². The van der Waals surface area contributed by atoms with E-state index < -0.39 is 5.97 Å². The molecule has 1 N–H and O–H groups in total. The van der Waals surface area contributed by atoms with Gasteiger partial charge in [0.15, 0.2) is 0 Å². The maximum absolute atomic E-state index is 10.0. The molecule has 0 radical (unpaired) electrons. The third-order valence-electron chi connectivity index (χ3n) is 1.29. The van der Waals surface area contributed by atoms with Gasteiger partial charge in [-0.15, -0.1) is 0 Å². The van der Waals surface area contributed by atoms with Gasteiger partial charge in [0, 0.05) is 6.42 Å². The van der Waals surface area contributed by atoms with Crippen molar-refractivity contribution in [3.63, 3.8) is 0 Å². The Morgan fingerprint density at radius 1 is 1.73 bits per heavy atom. The monoisotopic (exact) mass is 160 g/mol. The van der Waals surface area contributed by atoms with E-state index in [1.807, 2.05) is 0 Å². The maximum Gasteiger partial charge on any atom is 0.303 e. The van der Waals surface area contributed by atoms with Crippen LogP contribution in [0.3, 0.4) is 0 Å². The second-order valence-electron chi connectivity index (χ2n) is 2.33. The highest BCUT2D eigenvalue weighted by Crippen LogP contribution is 2.02. The lowest BCUT2D eigenvalue weighted by atomic mass is 10.2. The Bertz CT molecular complexity index is 132. The molecule has 0 aliphatic rings. The Labute approximate surface area is 65.2 Å². The van der Waals surface area contributed by atoms with Gasteiger partial charge in [0.1, 0.15) is 0 Å². The highest BCUT2D eigenvalue weighted by molar-refractivity contribution is 5.66. The summed E-state index contributed by atoms with van der Waals surface area (Å²) in [5, 5.41) is 8.25. The van der Waals surface area contributed by atoms with Crippen molar-refractivity contribution in [1.29, 1.82) is 0 Å². The van der Waals surface area contributed by atoms with Gasteiger partial charge in [-0.05, 0) is 19.8 Å². The highest BCUT2D eigenvalue weighted by atomic mass is 16.5. The van der Waals surface area contributed by atoms with Crippen LogP contribution in [0, 0.1) is 0 Å². The molecule has 0 aliphatic heterocycles. The molecule has 0 spiro atoms. The normalized spacial score (nSPS) is 12.1. The fourth-order valence-electron chi connectivity index (χ4n) is 0.704. The molecule has 0 saturated heterocycles. The third kappa shape index (κ3) is 6.83. The summed E-state index contributed by atoms with van der Waals surface area (Å²) in [6.07, 6.45) is 1.11. The lowest BCUT2D eigenvalue weighted by Gasteiger charge is -2.06. The number of hydrogen-bond acceptors (Lipinski definition) is 3. The summed E-state index contributed by atoms with van der Waals surface area (Å²) in [4.78, 5) is 19.8. The van der Waals surface area contributed by atoms with Gasteiger partial charge in [0.2, 0.25) is 0 Å². The van der Waals surface area contributed by atoms with Crippen molar-refractivity contribution in [3.8, 4) is 0 Å². The van der Waals surface area contributed by atoms with Gasteiger partial charge in [-0.1, -0.05) is 0 Å². The lowest BCUT2D eigenvalue weighted by Crippen LogP contribution is -2.07. The molecule has 0 saturated carbocycles. The van der Waals surface area contributed by atoms with Gasteiger partial charge >= 0.3 is 5.97 Å². The van der Waals surface area contributed by atoms with Crippen molar-refractivity contribution in [2.75, 3.05) is 0 Å². The van der Waals surface area contributed by atoms with Crippen LogP contribution in [0.4, 0.5) is 0 Å². The van der Waals surface area contributed by atoms with E-state index in [-0.39, 0.29) is 12.5 Å². The van der Waals surface area contributed by atoms with Crippen LogP contribution in [0.2, 0.25) is 0 Å². The molecule has 1 atom stereocenters. The van der Waals surface area contributed by atoms with Crippen LogP contribution in [0.25, 0.3) is 0 Å². The number of hydrogen-bond donors (Lipinski definition) is 1. The Morgan fingerprint density at radius 2 is 2.36 bits per heavy atom. The van der Waals surface area contributed by atoms with Crippen LogP contribution in [-0.4, -0.2) is 23.7 Å². The van der Waals surface area contributed by atoms with Crippen molar-refractivity contribution >= 4 is 12.4 Å². The zero-order valence-electron chi connectivity index (χ0n) is 6.45.